The number of benzene rings is 1. The summed E-state index contributed by atoms with van der Waals surface area (Å²) in [4.78, 5) is 27.7. The van der Waals surface area contributed by atoms with E-state index in [0.29, 0.717) is 17.4 Å². The van der Waals surface area contributed by atoms with E-state index in [-0.39, 0.29) is 17.0 Å². The molecule has 2 heterocycles. The Hall–Kier alpha value is -3.15. The van der Waals surface area contributed by atoms with Crippen LogP contribution in [-0.2, 0) is 11.3 Å². The molecule has 0 bridgehead atoms. The number of ether oxygens (including phenoxy) is 1. The molecular formula is C17H14N2O4. The van der Waals surface area contributed by atoms with Gasteiger partial charge in [0.25, 0.3) is 5.56 Å². The second-order valence-corrected chi connectivity index (χ2v) is 4.99. The van der Waals surface area contributed by atoms with Gasteiger partial charge in [-0.3, -0.25) is 4.79 Å². The number of aromatic nitrogens is 2. The average Bonchev–Trinajstić information content (AvgIpc) is 2.58. The molecule has 0 aliphatic heterocycles. The zero-order valence-electron chi connectivity index (χ0n) is 12.4. The van der Waals surface area contributed by atoms with E-state index in [0.717, 1.165) is 5.56 Å². The smallest absolute Gasteiger partial charge is 0.360 e. The van der Waals surface area contributed by atoms with Crippen molar-refractivity contribution in [1.29, 1.82) is 0 Å². The highest BCUT2D eigenvalue weighted by Gasteiger charge is 2.18. The Morgan fingerprint density at radius 2 is 1.96 bits per heavy atom. The number of hydrogen-bond donors (Lipinski definition) is 1. The molecule has 0 saturated heterocycles. The van der Waals surface area contributed by atoms with E-state index in [1.54, 1.807) is 0 Å². The van der Waals surface area contributed by atoms with Gasteiger partial charge in [-0.15, -0.1) is 0 Å². The molecule has 0 aliphatic rings. The summed E-state index contributed by atoms with van der Waals surface area (Å²) in [6.07, 6.45) is 1.39. The predicted octanol–water partition coefficient (Wildman–Crippen LogP) is 1.94. The maximum absolute atomic E-state index is 12.2. The minimum absolute atomic E-state index is 0.176. The minimum Gasteiger partial charge on any atom is -0.505 e. The second kappa shape index (κ2) is 5.92. The summed E-state index contributed by atoms with van der Waals surface area (Å²) in [7, 11) is 1.21. The fourth-order valence-electron chi connectivity index (χ4n) is 2.42. The summed E-state index contributed by atoms with van der Waals surface area (Å²) >= 11 is 0. The molecule has 0 fully saturated rings. The molecule has 3 aromatic rings. The van der Waals surface area contributed by atoms with Crippen molar-refractivity contribution in [3.63, 3.8) is 0 Å². The molecule has 6 heteroatoms. The SMILES string of the molecule is COC(=O)c1ncc2c(ccc(=O)n2Cc2ccccc2)c1O. The third kappa shape index (κ3) is 2.66. The molecular weight excluding hydrogens is 296 g/mol. The van der Waals surface area contributed by atoms with E-state index >= 15 is 0 Å². The van der Waals surface area contributed by atoms with Crippen molar-refractivity contribution in [3.8, 4) is 5.75 Å². The zero-order valence-corrected chi connectivity index (χ0v) is 12.4. The predicted molar refractivity (Wildman–Crippen MR) is 84.6 cm³/mol. The van der Waals surface area contributed by atoms with E-state index in [1.165, 1.54) is 30.0 Å². The number of carbonyl (C=O) groups excluding carboxylic acids is 1. The average molecular weight is 310 g/mol. The Morgan fingerprint density at radius 1 is 1.22 bits per heavy atom. The van der Waals surface area contributed by atoms with Gasteiger partial charge in [0.1, 0.15) is 0 Å². The number of esters is 1. The Labute approximate surface area is 131 Å². The standard InChI is InChI=1S/C17H14N2O4/c1-23-17(22)15-16(21)12-7-8-14(20)19(13(12)9-18-15)10-11-5-3-2-4-6-11/h2-9,21H,10H2,1H3. The van der Waals surface area contributed by atoms with Crippen molar-refractivity contribution in [2.24, 2.45) is 0 Å². The molecule has 1 N–H and O–H groups in total. The third-order valence-electron chi connectivity index (χ3n) is 3.58. The Bertz CT molecular complexity index is 932. The normalized spacial score (nSPS) is 10.7. The first kappa shape index (κ1) is 14.8. The summed E-state index contributed by atoms with van der Waals surface area (Å²) in [5.41, 5.74) is 1.00. The highest BCUT2D eigenvalue weighted by molar-refractivity contribution is 5.97. The van der Waals surface area contributed by atoms with Crippen LogP contribution in [0.25, 0.3) is 10.9 Å². The summed E-state index contributed by atoms with van der Waals surface area (Å²) in [6.45, 7) is 0.343. The zero-order chi connectivity index (χ0) is 16.4. The number of rotatable bonds is 3. The third-order valence-corrected chi connectivity index (χ3v) is 3.58. The van der Waals surface area contributed by atoms with Crippen LogP contribution in [-0.4, -0.2) is 27.7 Å². The van der Waals surface area contributed by atoms with Crippen LogP contribution in [0, 0.1) is 0 Å². The Balaban J connectivity index is 2.19. The molecule has 2 aromatic heterocycles. The van der Waals surface area contributed by atoms with Crippen molar-refractivity contribution in [2.45, 2.75) is 6.54 Å². The van der Waals surface area contributed by atoms with Crippen molar-refractivity contribution < 1.29 is 14.6 Å². The highest BCUT2D eigenvalue weighted by atomic mass is 16.5. The Kier molecular flexibility index (Phi) is 3.80. The number of carbonyl (C=O) groups is 1. The van der Waals surface area contributed by atoms with Crippen LogP contribution < -0.4 is 5.56 Å². The summed E-state index contributed by atoms with van der Waals surface area (Å²) in [6, 6.07) is 12.3. The molecule has 1 aromatic carbocycles. The van der Waals surface area contributed by atoms with Crippen molar-refractivity contribution >= 4 is 16.9 Å². The minimum atomic E-state index is -0.731. The number of pyridine rings is 2. The van der Waals surface area contributed by atoms with E-state index in [4.69, 9.17) is 0 Å². The van der Waals surface area contributed by atoms with Gasteiger partial charge in [0.05, 0.1) is 25.4 Å². The molecule has 3 rings (SSSR count). The van der Waals surface area contributed by atoms with Gasteiger partial charge in [0, 0.05) is 11.5 Å². The summed E-state index contributed by atoms with van der Waals surface area (Å²) in [5.74, 6) is -1.03. The second-order valence-electron chi connectivity index (χ2n) is 4.99. The van der Waals surface area contributed by atoms with Gasteiger partial charge in [-0.1, -0.05) is 30.3 Å². The molecule has 6 nitrogen and oxygen atoms in total. The lowest BCUT2D eigenvalue weighted by atomic mass is 10.1. The largest absolute Gasteiger partial charge is 0.505 e. The first-order chi connectivity index (χ1) is 11.1. The number of hydrogen-bond acceptors (Lipinski definition) is 5. The lowest BCUT2D eigenvalue weighted by molar-refractivity contribution is 0.0591. The first-order valence-corrected chi connectivity index (χ1v) is 6.95. The van der Waals surface area contributed by atoms with Gasteiger partial charge in [-0.2, -0.15) is 0 Å². The summed E-state index contributed by atoms with van der Waals surface area (Å²) in [5, 5.41) is 10.6. The quantitative estimate of drug-likeness (QED) is 0.748. The Morgan fingerprint density at radius 3 is 2.65 bits per heavy atom. The van der Waals surface area contributed by atoms with Crippen LogP contribution in [0.4, 0.5) is 0 Å². The molecule has 23 heavy (non-hydrogen) atoms. The van der Waals surface area contributed by atoms with E-state index in [1.807, 2.05) is 30.3 Å². The van der Waals surface area contributed by atoms with Crippen LogP contribution in [0.1, 0.15) is 16.1 Å². The monoisotopic (exact) mass is 310 g/mol. The maximum atomic E-state index is 12.2. The first-order valence-electron chi connectivity index (χ1n) is 6.95. The number of methoxy groups -OCH3 is 1. The van der Waals surface area contributed by atoms with E-state index < -0.39 is 5.97 Å². The lowest BCUT2D eigenvalue weighted by Crippen LogP contribution is -2.20. The van der Waals surface area contributed by atoms with Gasteiger partial charge in [-0.25, -0.2) is 9.78 Å². The molecule has 116 valence electrons. The van der Waals surface area contributed by atoms with Crippen molar-refractivity contribution in [1.82, 2.24) is 9.55 Å². The van der Waals surface area contributed by atoms with E-state index in [2.05, 4.69) is 9.72 Å². The van der Waals surface area contributed by atoms with Crippen LogP contribution >= 0.6 is 0 Å². The highest BCUT2D eigenvalue weighted by Crippen LogP contribution is 2.26. The molecule has 0 aliphatic carbocycles. The molecule has 0 spiro atoms. The molecule has 0 radical (unpaired) electrons. The molecule has 0 amide bonds. The van der Waals surface area contributed by atoms with E-state index in [9.17, 15) is 14.7 Å². The van der Waals surface area contributed by atoms with Gasteiger partial charge < -0.3 is 14.4 Å². The van der Waals surface area contributed by atoms with Gasteiger partial charge in [0.2, 0.25) is 0 Å². The molecule has 0 saturated carbocycles. The van der Waals surface area contributed by atoms with Crippen LogP contribution in [0.2, 0.25) is 0 Å². The topological polar surface area (TPSA) is 81.4 Å². The number of fused-ring (bicyclic) bond motifs is 1. The van der Waals surface area contributed by atoms with Crippen LogP contribution in [0.15, 0.2) is 53.5 Å². The van der Waals surface area contributed by atoms with Crippen molar-refractivity contribution in [3.05, 3.63) is 70.3 Å². The molecule has 0 atom stereocenters. The lowest BCUT2D eigenvalue weighted by Gasteiger charge is -2.12. The van der Waals surface area contributed by atoms with Gasteiger partial charge >= 0.3 is 5.97 Å². The molecule has 0 unspecified atom stereocenters. The number of aromatic hydroxyl groups is 1. The van der Waals surface area contributed by atoms with Crippen LogP contribution in [0.3, 0.4) is 0 Å². The fraction of sp³-hybridized carbons (Fsp3) is 0.118. The van der Waals surface area contributed by atoms with Gasteiger partial charge in [0.15, 0.2) is 11.4 Å². The van der Waals surface area contributed by atoms with Crippen LogP contribution in [0.5, 0.6) is 5.75 Å². The van der Waals surface area contributed by atoms with Gasteiger partial charge in [-0.05, 0) is 11.6 Å². The number of nitrogens with zero attached hydrogens (tertiary/aromatic N) is 2. The maximum Gasteiger partial charge on any atom is 0.360 e. The summed E-state index contributed by atoms with van der Waals surface area (Å²) < 4.78 is 6.08. The fourth-order valence-corrected chi connectivity index (χ4v) is 2.42. The van der Waals surface area contributed by atoms with Crippen molar-refractivity contribution in [2.75, 3.05) is 7.11 Å².